The van der Waals surface area contributed by atoms with Gasteiger partial charge in [0.2, 0.25) is 5.91 Å². The van der Waals surface area contributed by atoms with Crippen molar-refractivity contribution in [3.05, 3.63) is 58.6 Å². The van der Waals surface area contributed by atoms with Crippen LogP contribution in [0.15, 0.2) is 42.5 Å². The molecule has 0 spiro atoms. The molecule has 1 N–H and O–H groups in total. The van der Waals surface area contributed by atoms with E-state index >= 15 is 0 Å². The molecule has 0 fully saturated rings. The van der Waals surface area contributed by atoms with Gasteiger partial charge in [0, 0.05) is 32.1 Å². The van der Waals surface area contributed by atoms with Gasteiger partial charge >= 0.3 is 0 Å². The molecule has 26 heavy (non-hydrogen) atoms. The predicted octanol–water partition coefficient (Wildman–Crippen LogP) is 3.03. The van der Waals surface area contributed by atoms with Crippen molar-refractivity contribution in [2.45, 2.75) is 6.42 Å². The number of imide groups is 1. The van der Waals surface area contributed by atoms with Crippen molar-refractivity contribution in [3.63, 3.8) is 0 Å². The quantitative estimate of drug-likeness (QED) is 0.820. The molecule has 6 nitrogen and oxygen atoms in total. The molecule has 134 valence electrons. The fourth-order valence-corrected chi connectivity index (χ4v) is 3.04. The summed E-state index contributed by atoms with van der Waals surface area (Å²) in [6, 6.07) is 11.9. The number of benzene rings is 2. The second-order valence-electron chi connectivity index (χ2n) is 6.16. The molecule has 0 atom stereocenters. The molecule has 0 aromatic heterocycles. The van der Waals surface area contributed by atoms with Gasteiger partial charge in [-0.25, -0.2) is 0 Å². The summed E-state index contributed by atoms with van der Waals surface area (Å²) in [5.41, 5.74) is 2.14. The van der Waals surface area contributed by atoms with Crippen LogP contribution in [-0.4, -0.2) is 43.3 Å². The van der Waals surface area contributed by atoms with E-state index in [9.17, 15) is 14.4 Å². The van der Waals surface area contributed by atoms with Crippen LogP contribution >= 0.6 is 11.6 Å². The third kappa shape index (κ3) is 3.41. The van der Waals surface area contributed by atoms with Gasteiger partial charge in [0.1, 0.15) is 0 Å². The average Bonchev–Trinajstić information content (AvgIpc) is 2.84. The number of fused-ring (bicyclic) bond motifs is 1. The summed E-state index contributed by atoms with van der Waals surface area (Å²) in [6.45, 7) is 0.0239. The summed E-state index contributed by atoms with van der Waals surface area (Å²) in [4.78, 5) is 39.9. The number of halogens is 1. The zero-order chi connectivity index (χ0) is 18.8. The highest BCUT2D eigenvalue weighted by atomic mass is 35.5. The maximum Gasteiger partial charge on any atom is 0.261 e. The monoisotopic (exact) mass is 371 g/mol. The number of carbonyl (C=O) groups excluding carboxylic acids is 3. The van der Waals surface area contributed by atoms with Crippen LogP contribution in [0.1, 0.15) is 27.1 Å². The molecule has 7 heteroatoms. The van der Waals surface area contributed by atoms with E-state index in [1.807, 2.05) is 25.1 Å². The molecule has 0 saturated carbocycles. The van der Waals surface area contributed by atoms with Gasteiger partial charge in [-0.2, -0.15) is 0 Å². The number of hydrogen-bond acceptors (Lipinski definition) is 4. The summed E-state index contributed by atoms with van der Waals surface area (Å²) in [7, 11) is 3.72. The molecule has 0 radical (unpaired) electrons. The molecule has 1 aliphatic heterocycles. The van der Waals surface area contributed by atoms with E-state index in [-0.39, 0.29) is 30.7 Å². The van der Waals surface area contributed by atoms with Gasteiger partial charge in [0.15, 0.2) is 0 Å². The highest BCUT2D eigenvalue weighted by Gasteiger charge is 2.34. The van der Waals surface area contributed by atoms with Crippen molar-refractivity contribution >= 4 is 40.7 Å². The Morgan fingerprint density at radius 2 is 1.69 bits per heavy atom. The molecule has 1 aliphatic rings. The number of amides is 3. The van der Waals surface area contributed by atoms with Crippen LogP contribution in [0.25, 0.3) is 0 Å². The molecule has 3 amide bonds. The van der Waals surface area contributed by atoms with E-state index in [1.54, 1.807) is 36.4 Å². The van der Waals surface area contributed by atoms with Crippen LogP contribution in [0.4, 0.5) is 11.4 Å². The topological polar surface area (TPSA) is 69.7 Å². The maximum atomic E-state index is 12.3. The van der Waals surface area contributed by atoms with E-state index in [4.69, 9.17) is 11.6 Å². The Hall–Kier alpha value is -2.86. The second-order valence-corrected chi connectivity index (χ2v) is 6.60. The minimum Gasteiger partial charge on any atom is -0.376 e. The fraction of sp³-hybridized carbons (Fsp3) is 0.211. The zero-order valence-electron chi connectivity index (χ0n) is 14.5. The van der Waals surface area contributed by atoms with Crippen LogP contribution in [0.5, 0.6) is 0 Å². The molecular formula is C19H18ClN3O3. The molecule has 0 unspecified atom stereocenters. The van der Waals surface area contributed by atoms with Gasteiger partial charge in [-0.1, -0.05) is 23.7 Å². The van der Waals surface area contributed by atoms with E-state index in [1.165, 1.54) is 0 Å². The van der Waals surface area contributed by atoms with Gasteiger partial charge in [0.05, 0.1) is 22.5 Å². The minimum atomic E-state index is -0.366. The van der Waals surface area contributed by atoms with Crippen molar-refractivity contribution in [2.75, 3.05) is 30.9 Å². The lowest BCUT2D eigenvalue weighted by atomic mass is 10.1. The maximum absolute atomic E-state index is 12.3. The van der Waals surface area contributed by atoms with Crippen LogP contribution in [0, 0.1) is 0 Å². The van der Waals surface area contributed by atoms with Crippen molar-refractivity contribution in [2.24, 2.45) is 0 Å². The lowest BCUT2D eigenvalue weighted by molar-refractivity contribution is -0.116. The van der Waals surface area contributed by atoms with E-state index in [0.29, 0.717) is 21.8 Å². The van der Waals surface area contributed by atoms with Crippen LogP contribution < -0.4 is 10.2 Å². The molecule has 0 saturated heterocycles. The second kappa shape index (κ2) is 7.17. The normalized spacial score (nSPS) is 13.0. The molecular weight excluding hydrogens is 354 g/mol. The van der Waals surface area contributed by atoms with Crippen molar-refractivity contribution < 1.29 is 14.4 Å². The lowest BCUT2D eigenvalue weighted by Gasteiger charge is -2.19. The van der Waals surface area contributed by atoms with Crippen molar-refractivity contribution in [1.82, 2.24) is 4.90 Å². The molecule has 2 aromatic carbocycles. The Labute approximate surface area is 156 Å². The minimum absolute atomic E-state index is 0.00481. The summed E-state index contributed by atoms with van der Waals surface area (Å²) in [5, 5.41) is 3.30. The Balaban J connectivity index is 1.67. The molecule has 0 bridgehead atoms. The van der Waals surface area contributed by atoms with Gasteiger partial charge in [-0.15, -0.1) is 0 Å². The summed E-state index contributed by atoms with van der Waals surface area (Å²) in [5.74, 6) is -1.03. The van der Waals surface area contributed by atoms with Crippen LogP contribution in [0.3, 0.4) is 0 Å². The number of nitrogens with zero attached hydrogens (tertiary/aromatic N) is 2. The number of carbonyl (C=O) groups is 3. The molecule has 3 rings (SSSR count). The first kappa shape index (κ1) is 17.9. The molecule has 0 aliphatic carbocycles. The van der Waals surface area contributed by atoms with Gasteiger partial charge in [-0.3, -0.25) is 19.3 Å². The standard InChI is InChI=1S/C19H18ClN3O3/c1-22(2)16-8-7-12(20)11-15(16)21-17(24)9-10-23-18(25)13-5-3-4-6-14(13)19(23)26/h3-8,11H,9-10H2,1-2H3,(H,21,24). The third-order valence-electron chi connectivity index (χ3n) is 4.16. The number of hydrogen-bond donors (Lipinski definition) is 1. The Morgan fingerprint density at radius 3 is 2.27 bits per heavy atom. The summed E-state index contributed by atoms with van der Waals surface area (Å²) >= 11 is 6.01. The summed E-state index contributed by atoms with van der Waals surface area (Å²) in [6.07, 6.45) is 0.00481. The fourth-order valence-electron chi connectivity index (χ4n) is 2.87. The van der Waals surface area contributed by atoms with Gasteiger partial charge in [-0.05, 0) is 30.3 Å². The first-order valence-electron chi connectivity index (χ1n) is 8.10. The van der Waals surface area contributed by atoms with Crippen molar-refractivity contribution in [1.29, 1.82) is 0 Å². The van der Waals surface area contributed by atoms with Crippen LogP contribution in [0.2, 0.25) is 5.02 Å². The average molecular weight is 372 g/mol. The number of rotatable bonds is 5. The van der Waals surface area contributed by atoms with Gasteiger partial charge in [0.25, 0.3) is 11.8 Å². The largest absolute Gasteiger partial charge is 0.376 e. The lowest BCUT2D eigenvalue weighted by Crippen LogP contribution is -2.33. The third-order valence-corrected chi connectivity index (χ3v) is 4.39. The summed E-state index contributed by atoms with van der Waals surface area (Å²) < 4.78 is 0. The molecule has 1 heterocycles. The van der Waals surface area contributed by atoms with E-state index in [0.717, 1.165) is 10.6 Å². The Bertz CT molecular complexity index is 860. The van der Waals surface area contributed by atoms with E-state index < -0.39 is 0 Å². The van der Waals surface area contributed by atoms with Crippen molar-refractivity contribution in [3.8, 4) is 0 Å². The number of anilines is 2. The SMILES string of the molecule is CN(C)c1ccc(Cl)cc1NC(=O)CCN1C(=O)c2ccccc2C1=O. The number of nitrogens with one attached hydrogen (secondary N) is 1. The first-order chi connectivity index (χ1) is 12.4. The Kier molecular flexibility index (Phi) is 4.95. The predicted molar refractivity (Wildman–Crippen MR) is 101 cm³/mol. The molecule has 2 aromatic rings. The smallest absolute Gasteiger partial charge is 0.261 e. The highest BCUT2D eigenvalue weighted by Crippen LogP contribution is 2.28. The highest BCUT2D eigenvalue weighted by molar-refractivity contribution is 6.31. The van der Waals surface area contributed by atoms with E-state index in [2.05, 4.69) is 5.32 Å². The first-order valence-corrected chi connectivity index (χ1v) is 8.48. The van der Waals surface area contributed by atoms with Gasteiger partial charge < -0.3 is 10.2 Å². The zero-order valence-corrected chi connectivity index (χ0v) is 15.2. The van der Waals surface area contributed by atoms with Crippen LogP contribution in [-0.2, 0) is 4.79 Å². The Morgan fingerprint density at radius 1 is 1.08 bits per heavy atom.